The minimum absolute atomic E-state index is 0.0177. The second kappa shape index (κ2) is 10.4. The minimum Gasteiger partial charge on any atom is -0.449 e. The first-order valence-electron chi connectivity index (χ1n) is 9.70. The highest BCUT2D eigenvalue weighted by molar-refractivity contribution is 5.93. The van der Waals surface area contributed by atoms with Gasteiger partial charge >= 0.3 is 5.97 Å². The van der Waals surface area contributed by atoms with Gasteiger partial charge < -0.3 is 15.0 Å². The van der Waals surface area contributed by atoms with Gasteiger partial charge in [-0.2, -0.15) is 0 Å². The molecule has 0 aliphatic rings. The minimum atomic E-state index is -1.02. The van der Waals surface area contributed by atoms with Gasteiger partial charge in [0.25, 0.3) is 11.6 Å². The van der Waals surface area contributed by atoms with Gasteiger partial charge in [-0.05, 0) is 44.4 Å². The highest BCUT2D eigenvalue weighted by Gasteiger charge is 2.23. The van der Waals surface area contributed by atoms with E-state index in [0.717, 1.165) is 18.9 Å². The molecule has 30 heavy (non-hydrogen) atoms. The van der Waals surface area contributed by atoms with Crippen molar-refractivity contribution in [3.8, 4) is 0 Å². The van der Waals surface area contributed by atoms with E-state index in [1.807, 2.05) is 37.3 Å². The summed E-state index contributed by atoms with van der Waals surface area (Å²) < 4.78 is 5.21. The van der Waals surface area contributed by atoms with Gasteiger partial charge in [0.1, 0.15) is 5.69 Å². The number of rotatable bonds is 9. The van der Waals surface area contributed by atoms with Gasteiger partial charge in [-0.25, -0.2) is 4.79 Å². The second-order valence-electron chi connectivity index (χ2n) is 7.34. The molecule has 0 saturated heterocycles. The van der Waals surface area contributed by atoms with Crippen LogP contribution >= 0.6 is 0 Å². The smallest absolute Gasteiger partial charge is 0.339 e. The molecule has 8 heteroatoms. The molecule has 2 rings (SSSR count). The number of hydrogen-bond acceptors (Lipinski definition) is 6. The summed E-state index contributed by atoms with van der Waals surface area (Å²) in [6.45, 7) is 3.36. The molecule has 1 N–H and O–H groups in total. The molecule has 2 atom stereocenters. The molecule has 0 bridgehead atoms. The van der Waals surface area contributed by atoms with Crippen LogP contribution in [0.25, 0.3) is 0 Å². The Morgan fingerprint density at radius 1 is 1.13 bits per heavy atom. The fraction of sp³-hybridized carbons (Fsp3) is 0.364. The highest BCUT2D eigenvalue weighted by atomic mass is 16.6. The molecule has 0 spiro atoms. The number of carbonyl (C=O) groups excluding carboxylic acids is 2. The Hall–Kier alpha value is -3.42. The van der Waals surface area contributed by atoms with Crippen molar-refractivity contribution in [2.45, 2.75) is 38.8 Å². The van der Waals surface area contributed by atoms with Gasteiger partial charge in [0, 0.05) is 26.2 Å². The van der Waals surface area contributed by atoms with Crippen molar-refractivity contribution in [3.05, 3.63) is 69.8 Å². The topological polar surface area (TPSA) is 102 Å². The fourth-order valence-corrected chi connectivity index (χ4v) is 2.92. The lowest BCUT2D eigenvalue weighted by molar-refractivity contribution is -0.384. The van der Waals surface area contributed by atoms with E-state index in [9.17, 15) is 19.7 Å². The van der Waals surface area contributed by atoms with Gasteiger partial charge in [0.15, 0.2) is 6.10 Å². The van der Waals surface area contributed by atoms with Crippen molar-refractivity contribution in [1.29, 1.82) is 0 Å². The third kappa shape index (κ3) is 6.30. The van der Waals surface area contributed by atoms with Gasteiger partial charge in [-0.1, -0.05) is 30.3 Å². The van der Waals surface area contributed by atoms with Gasteiger partial charge in [0.2, 0.25) is 0 Å². The molecular formula is C22H27N3O5. The molecule has 0 fully saturated rings. The number of esters is 1. The van der Waals surface area contributed by atoms with Gasteiger partial charge in [-0.3, -0.25) is 14.9 Å². The summed E-state index contributed by atoms with van der Waals surface area (Å²) in [6.07, 6.45) is 0.539. The van der Waals surface area contributed by atoms with E-state index in [2.05, 4.69) is 5.32 Å². The van der Waals surface area contributed by atoms with E-state index in [1.54, 1.807) is 19.0 Å². The maximum Gasteiger partial charge on any atom is 0.339 e. The van der Waals surface area contributed by atoms with E-state index in [4.69, 9.17) is 4.74 Å². The summed E-state index contributed by atoms with van der Waals surface area (Å²) in [7, 11) is 3.34. The van der Waals surface area contributed by atoms with Crippen molar-refractivity contribution in [2.24, 2.45) is 0 Å². The first-order valence-corrected chi connectivity index (χ1v) is 9.70. The lowest BCUT2D eigenvalue weighted by Gasteiger charge is -2.18. The van der Waals surface area contributed by atoms with Crippen molar-refractivity contribution in [2.75, 3.05) is 19.0 Å². The van der Waals surface area contributed by atoms with Crippen LogP contribution in [0.1, 0.15) is 36.2 Å². The Bertz CT molecular complexity index is 899. The van der Waals surface area contributed by atoms with Crippen molar-refractivity contribution >= 4 is 23.3 Å². The van der Waals surface area contributed by atoms with Gasteiger partial charge in [0.05, 0.1) is 10.5 Å². The molecule has 0 saturated carbocycles. The highest BCUT2D eigenvalue weighted by Crippen LogP contribution is 2.28. The molecule has 0 radical (unpaired) electrons. The number of nitro benzene ring substituents is 1. The Morgan fingerprint density at radius 2 is 1.80 bits per heavy atom. The Balaban J connectivity index is 1.93. The Morgan fingerprint density at radius 3 is 2.40 bits per heavy atom. The number of aryl methyl sites for hydroxylation is 1. The summed E-state index contributed by atoms with van der Waals surface area (Å²) >= 11 is 0. The second-order valence-corrected chi connectivity index (χ2v) is 7.34. The summed E-state index contributed by atoms with van der Waals surface area (Å²) in [6, 6.07) is 13.9. The number of nitrogens with one attached hydrogen (secondary N) is 1. The predicted octanol–water partition coefficient (Wildman–Crippen LogP) is 3.34. The molecule has 2 aromatic rings. The Kier molecular flexibility index (Phi) is 7.91. The molecule has 0 heterocycles. The number of ether oxygens (including phenoxy) is 1. The van der Waals surface area contributed by atoms with Crippen LogP contribution in [-0.2, 0) is 16.0 Å². The number of nitrogens with zero attached hydrogens (tertiary/aromatic N) is 2. The van der Waals surface area contributed by atoms with E-state index in [0.29, 0.717) is 5.69 Å². The number of anilines is 1. The van der Waals surface area contributed by atoms with Crippen LogP contribution in [0, 0.1) is 10.1 Å². The fourth-order valence-electron chi connectivity index (χ4n) is 2.92. The van der Waals surface area contributed by atoms with Crippen LogP contribution in [0.2, 0.25) is 0 Å². The van der Waals surface area contributed by atoms with E-state index in [1.165, 1.54) is 24.6 Å². The van der Waals surface area contributed by atoms with Gasteiger partial charge in [-0.15, -0.1) is 0 Å². The molecular weight excluding hydrogens is 386 g/mol. The van der Waals surface area contributed by atoms with Crippen LogP contribution in [-0.4, -0.2) is 43.0 Å². The maximum atomic E-state index is 12.4. The maximum absolute atomic E-state index is 12.4. The average molecular weight is 413 g/mol. The SMILES string of the molecule is C[C@H](OC(=O)c1ccc(N(C)C)c([N+](=O)[O-])c1)C(=O)N[C@@H](C)CCc1ccccc1. The van der Waals surface area contributed by atoms with Crippen LogP contribution in [0.5, 0.6) is 0 Å². The zero-order valence-corrected chi connectivity index (χ0v) is 17.6. The number of benzene rings is 2. The predicted molar refractivity (Wildman–Crippen MR) is 115 cm³/mol. The zero-order chi connectivity index (χ0) is 22.3. The van der Waals surface area contributed by atoms with Crippen LogP contribution < -0.4 is 10.2 Å². The van der Waals surface area contributed by atoms with E-state index in [-0.39, 0.29) is 17.3 Å². The first kappa shape index (κ1) is 22.9. The van der Waals surface area contributed by atoms with E-state index >= 15 is 0 Å². The summed E-state index contributed by atoms with van der Waals surface area (Å²) in [5, 5.41) is 14.1. The van der Waals surface area contributed by atoms with Crippen molar-refractivity contribution in [1.82, 2.24) is 5.32 Å². The monoisotopic (exact) mass is 413 g/mol. The first-order chi connectivity index (χ1) is 14.2. The molecule has 1 amide bonds. The van der Waals surface area contributed by atoms with Crippen LogP contribution in [0.4, 0.5) is 11.4 Å². The number of nitro groups is 1. The third-order valence-electron chi connectivity index (χ3n) is 4.64. The third-order valence-corrected chi connectivity index (χ3v) is 4.64. The average Bonchev–Trinajstić information content (AvgIpc) is 2.72. The van der Waals surface area contributed by atoms with Crippen LogP contribution in [0.15, 0.2) is 48.5 Å². The quantitative estimate of drug-likeness (QED) is 0.384. The summed E-state index contributed by atoms with van der Waals surface area (Å²) in [5.74, 6) is -1.20. The standard InChI is InChI=1S/C22H27N3O5/c1-15(10-11-17-8-6-5-7-9-17)23-21(26)16(2)30-22(27)18-12-13-19(24(3)4)20(14-18)25(28)29/h5-9,12-16H,10-11H2,1-4H3,(H,23,26)/t15-,16-/m0/s1. The Labute approximate surface area is 176 Å². The lowest BCUT2D eigenvalue weighted by Crippen LogP contribution is -2.41. The number of hydrogen-bond donors (Lipinski definition) is 1. The number of carbonyl (C=O) groups is 2. The lowest BCUT2D eigenvalue weighted by atomic mass is 10.1. The zero-order valence-electron chi connectivity index (χ0n) is 17.6. The molecule has 8 nitrogen and oxygen atoms in total. The molecule has 0 aromatic heterocycles. The molecule has 0 unspecified atom stereocenters. The molecule has 2 aromatic carbocycles. The molecule has 0 aliphatic heterocycles. The summed E-state index contributed by atoms with van der Waals surface area (Å²) in [5.41, 5.74) is 1.36. The molecule has 0 aliphatic carbocycles. The normalized spacial score (nSPS) is 12.5. The van der Waals surface area contributed by atoms with Crippen LogP contribution in [0.3, 0.4) is 0 Å². The largest absolute Gasteiger partial charge is 0.449 e. The summed E-state index contributed by atoms with van der Waals surface area (Å²) in [4.78, 5) is 37.0. The van der Waals surface area contributed by atoms with Crippen molar-refractivity contribution in [3.63, 3.8) is 0 Å². The van der Waals surface area contributed by atoms with E-state index < -0.39 is 22.9 Å². The molecule has 160 valence electrons. The van der Waals surface area contributed by atoms with Crippen molar-refractivity contribution < 1.29 is 19.2 Å². The number of amides is 1.